The smallest absolute Gasteiger partial charge is 0.320 e. The van der Waals surface area contributed by atoms with Crippen LogP contribution in [0.1, 0.15) is 42.9 Å². The summed E-state index contributed by atoms with van der Waals surface area (Å²) < 4.78 is 0. The third-order valence-electron chi connectivity index (χ3n) is 2.93. The van der Waals surface area contributed by atoms with Crippen LogP contribution in [0.5, 0.6) is 0 Å². The minimum Gasteiger partial charge on any atom is -0.480 e. The number of thiophene rings is 1. The zero-order valence-corrected chi connectivity index (χ0v) is 12.2. The second-order valence-corrected chi connectivity index (χ2v) is 6.19. The molecule has 1 heterocycles. The average Bonchev–Trinajstić information content (AvgIpc) is 2.69. The summed E-state index contributed by atoms with van der Waals surface area (Å²) >= 11 is 1.78. The molecule has 2 N–H and O–H groups in total. The molecule has 18 heavy (non-hydrogen) atoms. The van der Waals surface area contributed by atoms with Crippen molar-refractivity contribution in [3.05, 3.63) is 21.9 Å². The Balaban J connectivity index is 2.45. The fourth-order valence-electron chi connectivity index (χ4n) is 1.99. The van der Waals surface area contributed by atoms with Gasteiger partial charge >= 0.3 is 5.97 Å². The lowest BCUT2D eigenvalue weighted by molar-refractivity contribution is -0.139. The van der Waals surface area contributed by atoms with Crippen LogP contribution in [0.3, 0.4) is 0 Å². The first-order chi connectivity index (χ1) is 8.52. The highest BCUT2D eigenvalue weighted by Gasteiger charge is 2.19. The van der Waals surface area contributed by atoms with E-state index in [9.17, 15) is 4.79 Å². The summed E-state index contributed by atoms with van der Waals surface area (Å²) in [4.78, 5) is 13.8. The van der Waals surface area contributed by atoms with Crippen molar-refractivity contribution in [3.8, 4) is 0 Å². The lowest BCUT2D eigenvalue weighted by Gasteiger charge is -2.19. The number of unbranched alkanes of at least 4 members (excludes halogenated alkanes) is 1. The highest BCUT2D eigenvalue weighted by Crippen LogP contribution is 2.17. The summed E-state index contributed by atoms with van der Waals surface area (Å²) in [6.45, 7) is 6.22. The summed E-state index contributed by atoms with van der Waals surface area (Å²) in [7, 11) is 0. The topological polar surface area (TPSA) is 49.3 Å². The van der Waals surface area contributed by atoms with Crippen molar-refractivity contribution < 1.29 is 9.90 Å². The minimum absolute atomic E-state index is 0.195. The largest absolute Gasteiger partial charge is 0.480 e. The predicted molar refractivity (Wildman–Crippen MR) is 76.3 cm³/mol. The summed E-state index contributed by atoms with van der Waals surface area (Å²) in [5.41, 5.74) is 0. The molecule has 2 unspecified atom stereocenters. The van der Waals surface area contributed by atoms with E-state index in [2.05, 4.69) is 38.2 Å². The van der Waals surface area contributed by atoms with Crippen molar-refractivity contribution in [2.24, 2.45) is 0 Å². The van der Waals surface area contributed by atoms with E-state index in [1.54, 1.807) is 11.3 Å². The van der Waals surface area contributed by atoms with E-state index >= 15 is 0 Å². The Morgan fingerprint density at radius 2 is 2.22 bits per heavy atom. The Morgan fingerprint density at radius 3 is 2.72 bits per heavy atom. The Labute approximate surface area is 113 Å². The number of hydrogen-bond donors (Lipinski definition) is 2. The molecule has 0 fully saturated rings. The lowest BCUT2D eigenvalue weighted by atomic mass is 10.1. The summed E-state index contributed by atoms with van der Waals surface area (Å²) in [6, 6.07) is 4.01. The molecule has 0 saturated carbocycles. The molecule has 1 aromatic heterocycles. The molecular formula is C14H23NO2S. The van der Waals surface area contributed by atoms with Crippen LogP contribution < -0.4 is 5.32 Å². The van der Waals surface area contributed by atoms with Gasteiger partial charge in [-0.2, -0.15) is 0 Å². The van der Waals surface area contributed by atoms with Crippen LogP contribution in [-0.4, -0.2) is 23.2 Å². The molecule has 1 rings (SSSR count). The normalized spacial score (nSPS) is 14.4. The Hall–Kier alpha value is -0.870. The maximum Gasteiger partial charge on any atom is 0.320 e. The molecule has 4 heteroatoms. The quantitative estimate of drug-likeness (QED) is 0.762. The summed E-state index contributed by atoms with van der Waals surface area (Å²) in [5.74, 6) is -0.738. The lowest BCUT2D eigenvalue weighted by Crippen LogP contribution is -2.42. The van der Waals surface area contributed by atoms with Crippen molar-refractivity contribution in [3.63, 3.8) is 0 Å². The molecule has 0 aromatic carbocycles. The van der Waals surface area contributed by atoms with Gasteiger partial charge in [0.2, 0.25) is 0 Å². The van der Waals surface area contributed by atoms with Crippen LogP contribution in [0, 0.1) is 6.92 Å². The number of aliphatic carboxylic acids is 1. The van der Waals surface area contributed by atoms with E-state index < -0.39 is 12.0 Å². The monoisotopic (exact) mass is 269 g/mol. The standard InChI is InChI=1S/C14H23NO2S/c1-4-5-6-13(14(16)17)15-10(2)9-12-8-7-11(3)18-12/h7-8,10,13,15H,4-6,9H2,1-3H3,(H,16,17). The van der Waals surface area contributed by atoms with Gasteiger partial charge in [-0.3, -0.25) is 4.79 Å². The van der Waals surface area contributed by atoms with Crippen molar-refractivity contribution >= 4 is 17.3 Å². The van der Waals surface area contributed by atoms with Crippen molar-refractivity contribution in [2.75, 3.05) is 0 Å². The van der Waals surface area contributed by atoms with E-state index in [1.165, 1.54) is 9.75 Å². The maximum absolute atomic E-state index is 11.1. The molecule has 0 spiro atoms. The number of rotatable bonds is 8. The maximum atomic E-state index is 11.1. The molecule has 0 aliphatic carbocycles. The first-order valence-electron chi connectivity index (χ1n) is 6.57. The molecule has 3 nitrogen and oxygen atoms in total. The first kappa shape index (κ1) is 15.2. The summed E-state index contributed by atoms with van der Waals surface area (Å²) in [6.07, 6.45) is 3.59. The number of carboxylic acid groups (broad SMARTS) is 1. The Morgan fingerprint density at radius 1 is 1.50 bits per heavy atom. The molecule has 2 atom stereocenters. The van der Waals surface area contributed by atoms with Crippen LogP contribution >= 0.6 is 11.3 Å². The highest BCUT2D eigenvalue weighted by atomic mass is 32.1. The number of carboxylic acids is 1. The Kier molecular flexibility index (Phi) is 6.36. The number of aryl methyl sites for hydroxylation is 1. The van der Waals surface area contributed by atoms with E-state index in [0.29, 0.717) is 6.42 Å². The van der Waals surface area contributed by atoms with Gasteiger partial charge in [-0.05, 0) is 38.8 Å². The van der Waals surface area contributed by atoms with Gasteiger partial charge in [-0.25, -0.2) is 0 Å². The zero-order chi connectivity index (χ0) is 13.5. The molecule has 0 amide bonds. The van der Waals surface area contributed by atoms with Gasteiger partial charge in [0.15, 0.2) is 0 Å². The van der Waals surface area contributed by atoms with E-state index in [-0.39, 0.29) is 6.04 Å². The Bertz CT molecular complexity index is 376. The van der Waals surface area contributed by atoms with E-state index in [1.807, 2.05) is 0 Å². The van der Waals surface area contributed by atoms with Gasteiger partial charge < -0.3 is 10.4 Å². The van der Waals surface area contributed by atoms with Crippen LogP contribution in [0.4, 0.5) is 0 Å². The molecule has 0 aliphatic heterocycles. The molecule has 0 bridgehead atoms. The molecule has 102 valence electrons. The highest BCUT2D eigenvalue weighted by molar-refractivity contribution is 7.11. The molecule has 0 aliphatic rings. The van der Waals surface area contributed by atoms with Gasteiger partial charge in [-0.1, -0.05) is 19.8 Å². The first-order valence-corrected chi connectivity index (χ1v) is 7.38. The number of nitrogens with one attached hydrogen (secondary N) is 1. The average molecular weight is 269 g/mol. The van der Waals surface area contributed by atoms with Gasteiger partial charge in [0, 0.05) is 15.8 Å². The van der Waals surface area contributed by atoms with Gasteiger partial charge in [0.25, 0.3) is 0 Å². The SMILES string of the molecule is CCCCC(NC(C)Cc1ccc(C)s1)C(=O)O. The zero-order valence-electron chi connectivity index (χ0n) is 11.4. The molecule has 1 aromatic rings. The molecular weight excluding hydrogens is 246 g/mol. The van der Waals surface area contributed by atoms with Crippen molar-refractivity contribution in [1.82, 2.24) is 5.32 Å². The second-order valence-electron chi connectivity index (χ2n) is 4.82. The van der Waals surface area contributed by atoms with E-state index in [4.69, 9.17) is 5.11 Å². The second kappa shape index (κ2) is 7.54. The number of carbonyl (C=O) groups is 1. The summed E-state index contributed by atoms with van der Waals surface area (Å²) in [5, 5.41) is 12.4. The van der Waals surface area contributed by atoms with Crippen LogP contribution in [-0.2, 0) is 11.2 Å². The van der Waals surface area contributed by atoms with Crippen LogP contribution in [0.25, 0.3) is 0 Å². The minimum atomic E-state index is -0.738. The van der Waals surface area contributed by atoms with Gasteiger partial charge in [0.05, 0.1) is 0 Å². The van der Waals surface area contributed by atoms with Crippen LogP contribution in [0.2, 0.25) is 0 Å². The fraction of sp³-hybridized carbons (Fsp3) is 0.643. The fourth-order valence-corrected chi connectivity index (χ4v) is 3.00. The van der Waals surface area contributed by atoms with Gasteiger partial charge in [0.1, 0.15) is 6.04 Å². The van der Waals surface area contributed by atoms with Gasteiger partial charge in [-0.15, -0.1) is 11.3 Å². The number of hydrogen-bond acceptors (Lipinski definition) is 3. The predicted octanol–water partition coefficient (Wildman–Crippen LogP) is 3.22. The third-order valence-corrected chi connectivity index (χ3v) is 3.96. The van der Waals surface area contributed by atoms with Crippen molar-refractivity contribution in [1.29, 1.82) is 0 Å². The molecule has 0 saturated heterocycles. The third kappa shape index (κ3) is 5.19. The molecule has 0 radical (unpaired) electrons. The van der Waals surface area contributed by atoms with E-state index in [0.717, 1.165) is 19.3 Å². The van der Waals surface area contributed by atoms with Crippen molar-refractivity contribution in [2.45, 2.75) is 58.5 Å². The van der Waals surface area contributed by atoms with Crippen LogP contribution in [0.15, 0.2) is 12.1 Å².